The number of rotatable bonds is 5. The van der Waals surface area contributed by atoms with Gasteiger partial charge in [0, 0.05) is 48.7 Å². The number of aromatic nitrogens is 1. The molecule has 3 heterocycles. The van der Waals surface area contributed by atoms with E-state index in [-0.39, 0.29) is 0 Å². The second kappa shape index (κ2) is 8.09. The summed E-state index contributed by atoms with van der Waals surface area (Å²) in [6.45, 7) is 8.16. The number of hydrogen-bond donors (Lipinski definition) is 2. The van der Waals surface area contributed by atoms with Crippen LogP contribution in [0, 0.1) is 6.92 Å². The van der Waals surface area contributed by atoms with E-state index < -0.39 is 0 Å². The summed E-state index contributed by atoms with van der Waals surface area (Å²) in [6, 6.07) is 2.74. The Morgan fingerprint density at radius 3 is 3.08 bits per heavy atom. The van der Waals surface area contributed by atoms with Gasteiger partial charge in [0.1, 0.15) is 5.01 Å². The van der Waals surface area contributed by atoms with E-state index in [1.165, 1.54) is 16.9 Å². The van der Waals surface area contributed by atoms with E-state index in [0.29, 0.717) is 12.6 Å². The smallest absolute Gasteiger partial charge is 0.191 e. The van der Waals surface area contributed by atoms with Gasteiger partial charge in [0.25, 0.3) is 0 Å². The van der Waals surface area contributed by atoms with E-state index in [4.69, 9.17) is 0 Å². The summed E-state index contributed by atoms with van der Waals surface area (Å²) >= 11 is 3.61. The summed E-state index contributed by atoms with van der Waals surface area (Å²) in [7, 11) is 1.81. The summed E-state index contributed by atoms with van der Waals surface area (Å²) in [5.74, 6) is 0.836. The van der Waals surface area contributed by atoms with Gasteiger partial charge in [-0.05, 0) is 37.3 Å². The van der Waals surface area contributed by atoms with E-state index in [1.54, 1.807) is 16.2 Å². The lowest BCUT2D eigenvalue weighted by Gasteiger charge is -2.32. The SMILES string of the molecule is CN=C(NCc1ncc(C)s1)NCC(C)N1CCc2sccc2C1. The zero-order valence-corrected chi connectivity index (χ0v) is 16.1. The van der Waals surface area contributed by atoms with Crippen LogP contribution in [0.2, 0.25) is 0 Å². The van der Waals surface area contributed by atoms with Gasteiger partial charge in [-0.1, -0.05) is 0 Å². The van der Waals surface area contributed by atoms with Gasteiger partial charge in [-0.3, -0.25) is 9.89 Å². The molecule has 1 unspecified atom stereocenters. The topological polar surface area (TPSA) is 52.6 Å². The molecule has 7 heteroatoms. The van der Waals surface area contributed by atoms with E-state index in [1.807, 2.05) is 24.6 Å². The van der Waals surface area contributed by atoms with E-state index >= 15 is 0 Å². The highest BCUT2D eigenvalue weighted by Gasteiger charge is 2.21. The molecule has 0 aliphatic carbocycles. The third kappa shape index (κ3) is 4.34. The summed E-state index contributed by atoms with van der Waals surface area (Å²) in [4.78, 5) is 14.0. The number of fused-ring (bicyclic) bond motifs is 1. The second-order valence-electron chi connectivity index (χ2n) is 6.11. The van der Waals surface area contributed by atoms with E-state index in [2.05, 4.69) is 50.8 Å². The first-order valence-corrected chi connectivity index (χ1v) is 10.0. The lowest BCUT2D eigenvalue weighted by atomic mass is 10.1. The van der Waals surface area contributed by atoms with Crippen LogP contribution in [0.25, 0.3) is 0 Å². The standard InChI is InChI=1S/C17H25N5S2/c1-12(22-6-4-15-14(11-22)5-7-23-15)8-20-17(18-3)21-10-16-19-9-13(2)24-16/h5,7,9,12H,4,6,8,10-11H2,1-3H3,(H2,18,20,21). The van der Waals surface area contributed by atoms with Crippen LogP contribution < -0.4 is 10.6 Å². The molecule has 3 rings (SSSR count). The van der Waals surface area contributed by atoms with E-state index in [0.717, 1.165) is 30.6 Å². The fraction of sp³-hybridized carbons (Fsp3) is 0.529. The van der Waals surface area contributed by atoms with Gasteiger partial charge in [-0.25, -0.2) is 4.98 Å². The average Bonchev–Trinajstić information content (AvgIpc) is 3.22. The fourth-order valence-electron chi connectivity index (χ4n) is 2.88. The highest BCUT2D eigenvalue weighted by Crippen LogP contribution is 2.24. The van der Waals surface area contributed by atoms with Gasteiger partial charge in [0.05, 0.1) is 6.54 Å². The fourth-order valence-corrected chi connectivity index (χ4v) is 4.50. The van der Waals surface area contributed by atoms with Crippen LogP contribution in [0.3, 0.4) is 0 Å². The first-order chi connectivity index (χ1) is 11.7. The van der Waals surface area contributed by atoms with Gasteiger partial charge in [0.15, 0.2) is 5.96 Å². The molecule has 0 aromatic carbocycles. The minimum atomic E-state index is 0.471. The quantitative estimate of drug-likeness (QED) is 0.633. The van der Waals surface area contributed by atoms with Crippen molar-refractivity contribution in [2.45, 2.75) is 39.4 Å². The lowest BCUT2D eigenvalue weighted by Crippen LogP contribution is -2.47. The number of thiophene rings is 1. The van der Waals surface area contributed by atoms with Crippen molar-refractivity contribution in [1.29, 1.82) is 0 Å². The molecule has 0 fully saturated rings. The van der Waals surface area contributed by atoms with Crippen molar-refractivity contribution in [2.75, 3.05) is 20.1 Å². The highest BCUT2D eigenvalue weighted by atomic mass is 32.1. The third-order valence-electron chi connectivity index (χ3n) is 4.33. The molecule has 1 aliphatic heterocycles. The minimum Gasteiger partial charge on any atom is -0.355 e. The summed E-state index contributed by atoms with van der Waals surface area (Å²) in [5, 5.41) is 10.1. The van der Waals surface area contributed by atoms with Crippen LogP contribution in [0.1, 0.15) is 27.2 Å². The number of aliphatic imine (C=N–C) groups is 1. The van der Waals surface area contributed by atoms with Crippen molar-refractivity contribution in [2.24, 2.45) is 4.99 Å². The number of thiazole rings is 1. The summed E-state index contributed by atoms with van der Waals surface area (Å²) < 4.78 is 0. The first kappa shape index (κ1) is 17.4. The highest BCUT2D eigenvalue weighted by molar-refractivity contribution is 7.11. The van der Waals surface area contributed by atoms with Crippen molar-refractivity contribution in [3.63, 3.8) is 0 Å². The molecule has 2 aromatic rings. The summed E-state index contributed by atoms with van der Waals surface area (Å²) in [6.07, 6.45) is 3.09. The maximum Gasteiger partial charge on any atom is 0.191 e. The van der Waals surface area contributed by atoms with Crippen molar-refractivity contribution < 1.29 is 0 Å². The molecule has 0 spiro atoms. The van der Waals surface area contributed by atoms with Gasteiger partial charge in [-0.15, -0.1) is 22.7 Å². The van der Waals surface area contributed by atoms with Crippen molar-refractivity contribution in [1.82, 2.24) is 20.5 Å². The van der Waals surface area contributed by atoms with Gasteiger partial charge < -0.3 is 10.6 Å². The molecule has 130 valence electrons. The third-order valence-corrected chi connectivity index (χ3v) is 6.26. The maximum atomic E-state index is 4.37. The van der Waals surface area contributed by atoms with Crippen LogP contribution >= 0.6 is 22.7 Å². The van der Waals surface area contributed by atoms with Crippen molar-refractivity contribution in [3.8, 4) is 0 Å². The number of nitrogens with zero attached hydrogens (tertiary/aromatic N) is 3. The Morgan fingerprint density at radius 2 is 2.33 bits per heavy atom. The molecular weight excluding hydrogens is 338 g/mol. The summed E-state index contributed by atoms with van der Waals surface area (Å²) in [5.41, 5.74) is 1.50. The molecular formula is C17H25N5S2. The lowest BCUT2D eigenvalue weighted by molar-refractivity contribution is 0.192. The molecule has 0 radical (unpaired) electrons. The van der Waals surface area contributed by atoms with E-state index in [9.17, 15) is 0 Å². The van der Waals surface area contributed by atoms with Crippen LogP contribution in [-0.2, 0) is 19.5 Å². The van der Waals surface area contributed by atoms with Crippen molar-refractivity contribution in [3.05, 3.63) is 38.0 Å². The Bertz CT molecular complexity index is 691. The van der Waals surface area contributed by atoms with Crippen LogP contribution in [-0.4, -0.2) is 42.0 Å². The van der Waals surface area contributed by atoms with Crippen LogP contribution in [0.5, 0.6) is 0 Å². The van der Waals surface area contributed by atoms with Gasteiger partial charge >= 0.3 is 0 Å². The molecule has 0 saturated heterocycles. The molecule has 5 nitrogen and oxygen atoms in total. The molecule has 0 amide bonds. The Balaban J connectivity index is 1.45. The Kier molecular flexibility index (Phi) is 5.86. The normalized spacial score (nSPS) is 16.7. The molecule has 2 N–H and O–H groups in total. The number of hydrogen-bond acceptors (Lipinski definition) is 5. The number of nitrogens with one attached hydrogen (secondary N) is 2. The van der Waals surface area contributed by atoms with Gasteiger partial charge in [0.2, 0.25) is 0 Å². The zero-order chi connectivity index (χ0) is 16.9. The zero-order valence-electron chi connectivity index (χ0n) is 14.5. The Hall–Kier alpha value is -1.44. The van der Waals surface area contributed by atoms with Crippen LogP contribution in [0.4, 0.5) is 0 Å². The second-order valence-corrected chi connectivity index (χ2v) is 8.43. The minimum absolute atomic E-state index is 0.471. The molecule has 2 aromatic heterocycles. The van der Waals surface area contributed by atoms with Crippen molar-refractivity contribution >= 4 is 28.6 Å². The monoisotopic (exact) mass is 363 g/mol. The molecule has 1 aliphatic rings. The number of aryl methyl sites for hydroxylation is 1. The average molecular weight is 364 g/mol. The molecule has 0 saturated carbocycles. The molecule has 24 heavy (non-hydrogen) atoms. The molecule has 1 atom stereocenters. The molecule has 0 bridgehead atoms. The predicted molar refractivity (Wildman–Crippen MR) is 103 cm³/mol. The maximum absolute atomic E-state index is 4.37. The Labute approximate surface area is 151 Å². The van der Waals surface area contributed by atoms with Crippen LogP contribution in [0.15, 0.2) is 22.6 Å². The Morgan fingerprint density at radius 1 is 1.46 bits per heavy atom. The number of guanidine groups is 1. The first-order valence-electron chi connectivity index (χ1n) is 8.31. The predicted octanol–water partition coefficient (Wildman–Crippen LogP) is 2.62. The van der Waals surface area contributed by atoms with Gasteiger partial charge in [-0.2, -0.15) is 0 Å². The largest absolute Gasteiger partial charge is 0.355 e.